The Morgan fingerprint density at radius 2 is 1.26 bits per heavy atom. The quantitative estimate of drug-likeness (QED) is 0.235. The fourth-order valence-corrected chi connectivity index (χ4v) is 2.40. The zero-order chi connectivity index (χ0) is 19.5. The van der Waals surface area contributed by atoms with Crippen molar-refractivity contribution in [3.8, 4) is 11.5 Å². The SMILES string of the molecule is CCCCOc1ccc(C(=O)/C=C(\O)c2ccc(OCCCC)cc2)cc1. The third kappa shape index (κ3) is 6.81. The van der Waals surface area contributed by atoms with Gasteiger partial charge in [-0.15, -0.1) is 0 Å². The molecule has 0 heterocycles. The molecule has 0 saturated carbocycles. The van der Waals surface area contributed by atoms with Crippen LogP contribution in [0.25, 0.3) is 5.76 Å². The molecule has 27 heavy (non-hydrogen) atoms. The molecule has 2 aromatic carbocycles. The summed E-state index contributed by atoms with van der Waals surface area (Å²) >= 11 is 0. The third-order valence-corrected chi connectivity index (χ3v) is 4.09. The maximum absolute atomic E-state index is 12.3. The van der Waals surface area contributed by atoms with E-state index in [1.165, 1.54) is 6.08 Å². The molecule has 0 radical (unpaired) electrons. The van der Waals surface area contributed by atoms with Gasteiger partial charge in [-0.05, 0) is 61.4 Å². The predicted molar refractivity (Wildman–Crippen MR) is 109 cm³/mol. The van der Waals surface area contributed by atoms with Crippen LogP contribution in [0.5, 0.6) is 11.5 Å². The number of aliphatic hydroxyl groups is 1. The third-order valence-electron chi connectivity index (χ3n) is 4.09. The van der Waals surface area contributed by atoms with Crippen molar-refractivity contribution in [1.82, 2.24) is 0 Å². The summed E-state index contributed by atoms with van der Waals surface area (Å²) in [4.78, 5) is 12.3. The summed E-state index contributed by atoms with van der Waals surface area (Å²) in [6.07, 6.45) is 5.39. The summed E-state index contributed by atoms with van der Waals surface area (Å²) in [5.41, 5.74) is 1.08. The van der Waals surface area contributed by atoms with Crippen LogP contribution in [-0.4, -0.2) is 24.1 Å². The molecule has 0 aliphatic rings. The molecule has 144 valence electrons. The minimum absolute atomic E-state index is 0.0663. The molecule has 0 aliphatic heterocycles. The molecule has 0 saturated heterocycles. The van der Waals surface area contributed by atoms with Crippen molar-refractivity contribution < 1.29 is 19.4 Å². The van der Waals surface area contributed by atoms with Crippen molar-refractivity contribution in [3.05, 3.63) is 65.7 Å². The highest BCUT2D eigenvalue weighted by atomic mass is 16.5. The summed E-state index contributed by atoms with van der Waals surface area (Å²) in [5, 5.41) is 10.2. The molecule has 0 aromatic heterocycles. The lowest BCUT2D eigenvalue weighted by Gasteiger charge is -2.07. The molecule has 0 unspecified atom stereocenters. The first-order chi connectivity index (χ1) is 13.1. The monoisotopic (exact) mass is 368 g/mol. The van der Waals surface area contributed by atoms with Gasteiger partial charge in [-0.1, -0.05) is 26.7 Å². The number of carbonyl (C=O) groups excluding carboxylic acids is 1. The Morgan fingerprint density at radius 1 is 0.815 bits per heavy atom. The van der Waals surface area contributed by atoms with Gasteiger partial charge in [0.2, 0.25) is 0 Å². The van der Waals surface area contributed by atoms with Gasteiger partial charge in [-0.2, -0.15) is 0 Å². The Labute approximate surface area is 161 Å². The lowest BCUT2D eigenvalue weighted by molar-refractivity contribution is 0.104. The molecule has 2 aromatic rings. The highest BCUT2D eigenvalue weighted by molar-refractivity contribution is 6.07. The number of ketones is 1. The van der Waals surface area contributed by atoms with Crippen molar-refractivity contribution >= 4 is 11.5 Å². The largest absolute Gasteiger partial charge is 0.507 e. The first-order valence-corrected chi connectivity index (χ1v) is 9.55. The van der Waals surface area contributed by atoms with Crippen LogP contribution >= 0.6 is 0 Å². The minimum atomic E-state index is -0.254. The van der Waals surface area contributed by atoms with Crippen LogP contribution in [0.4, 0.5) is 0 Å². The van der Waals surface area contributed by atoms with Gasteiger partial charge < -0.3 is 14.6 Å². The van der Waals surface area contributed by atoms with E-state index in [0.717, 1.165) is 37.2 Å². The maximum Gasteiger partial charge on any atom is 0.189 e. The van der Waals surface area contributed by atoms with E-state index in [9.17, 15) is 9.90 Å². The van der Waals surface area contributed by atoms with E-state index >= 15 is 0 Å². The van der Waals surface area contributed by atoms with E-state index in [4.69, 9.17) is 9.47 Å². The summed E-state index contributed by atoms with van der Waals surface area (Å²) in [7, 11) is 0. The molecule has 0 amide bonds. The van der Waals surface area contributed by atoms with E-state index in [2.05, 4.69) is 13.8 Å². The van der Waals surface area contributed by atoms with Crippen LogP contribution in [0, 0.1) is 0 Å². The smallest absolute Gasteiger partial charge is 0.189 e. The Hall–Kier alpha value is -2.75. The summed E-state index contributed by atoms with van der Waals surface area (Å²) in [5.74, 6) is 1.18. The molecule has 0 atom stereocenters. The predicted octanol–water partition coefficient (Wildman–Crippen LogP) is 5.83. The van der Waals surface area contributed by atoms with Gasteiger partial charge in [-0.3, -0.25) is 4.79 Å². The van der Waals surface area contributed by atoms with Gasteiger partial charge in [0.15, 0.2) is 5.78 Å². The lowest BCUT2D eigenvalue weighted by Crippen LogP contribution is -1.99. The number of rotatable bonds is 11. The molecule has 4 nitrogen and oxygen atoms in total. The van der Waals surface area contributed by atoms with Gasteiger partial charge in [0.05, 0.1) is 13.2 Å². The first-order valence-electron chi connectivity index (χ1n) is 9.55. The Bertz CT molecular complexity index is 730. The average Bonchev–Trinajstić information content (AvgIpc) is 2.69. The summed E-state index contributed by atoms with van der Waals surface area (Å²) in [6, 6.07) is 14.0. The van der Waals surface area contributed by atoms with E-state index in [-0.39, 0.29) is 11.5 Å². The van der Waals surface area contributed by atoms with Crippen LogP contribution in [0.15, 0.2) is 54.6 Å². The topological polar surface area (TPSA) is 55.8 Å². The normalized spacial score (nSPS) is 11.3. The summed E-state index contributed by atoms with van der Waals surface area (Å²) < 4.78 is 11.2. The second-order valence-electron chi connectivity index (χ2n) is 6.35. The number of carbonyl (C=O) groups is 1. The highest BCUT2D eigenvalue weighted by Crippen LogP contribution is 2.19. The van der Waals surface area contributed by atoms with Crippen molar-refractivity contribution in [2.45, 2.75) is 39.5 Å². The zero-order valence-corrected chi connectivity index (χ0v) is 16.1. The molecule has 0 bridgehead atoms. The van der Waals surface area contributed by atoms with Gasteiger partial charge in [-0.25, -0.2) is 0 Å². The van der Waals surface area contributed by atoms with Crippen molar-refractivity contribution in [3.63, 3.8) is 0 Å². The molecule has 0 fully saturated rings. The number of aliphatic hydroxyl groups excluding tert-OH is 1. The number of ether oxygens (including phenoxy) is 2. The highest BCUT2D eigenvalue weighted by Gasteiger charge is 2.07. The minimum Gasteiger partial charge on any atom is -0.507 e. The second kappa shape index (κ2) is 11.1. The van der Waals surface area contributed by atoms with E-state index in [1.807, 2.05) is 0 Å². The Morgan fingerprint density at radius 3 is 1.70 bits per heavy atom. The van der Waals surface area contributed by atoms with Gasteiger partial charge in [0.1, 0.15) is 17.3 Å². The van der Waals surface area contributed by atoms with Crippen LogP contribution in [0.2, 0.25) is 0 Å². The number of allylic oxidation sites excluding steroid dienone is 1. The molecule has 2 rings (SSSR count). The maximum atomic E-state index is 12.3. The molecule has 1 N–H and O–H groups in total. The van der Waals surface area contributed by atoms with Gasteiger partial charge in [0, 0.05) is 17.2 Å². The van der Waals surface area contributed by atoms with E-state index in [1.54, 1.807) is 48.5 Å². The lowest BCUT2D eigenvalue weighted by atomic mass is 10.1. The van der Waals surface area contributed by atoms with Crippen molar-refractivity contribution in [2.75, 3.05) is 13.2 Å². The molecular weight excluding hydrogens is 340 g/mol. The number of unbranched alkanes of at least 4 members (excludes halogenated alkanes) is 2. The standard InChI is InChI=1S/C23H28O4/c1-3-5-15-26-20-11-7-18(8-12-20)22(24)17-23(25)19-9-13-21(14-10-19)27-16-6-4-2/h7-14,17,24H,3-6,15-16H2,1-2H3/b22-17-. The van der Waals surface area contributed by atoms with Gasteiger partial charge >= 0.3 is 0 Å². The molecule has 0 aliphatic carbocycles. The summed E-state index contributed by atoms with van der Waals surface area (Å²) in [6.45, 7) is 5.56. The van der Waals surface area contributed by atoms with E-state index in [0.29, 0.717) is 24.3 Å². The van der Waals surface area contributed by atoms with Crippen molar-refractivity contribution in [2.24, 2.45) is 0 Å². The Kier molecular flexibility index (Phi) is 8.43. The van der Waals surface area contributed by atoms with Crippen LogP contribution in [0.3, 0.4) is 0 Å². The molecule has 4 heteroatoms. The van der Waals surface area contributed by atoms with Gasteiger partial charge in [0.25, 0.3) is 0 Å². The number of hydrogen-bond acceptors (Lipinski definition) is 4. The van der Waals surface area contributed by atoms with Crippen LogP contribution in [-0.2, 0) is 0 Å². The van der Waals surface area contributed by atoms with Crippen LogP contribution < -0.4 is 9.47 Å². The Balaban J connectivity index is 1.97. The molecular formula is C23H28O4. The second-order valence-corrected chi connectivity index (χ2v) is 6.35. The van der Waals surface area contributed by atoms with Crippen molar-refractivity contribution in [1.29, 1.82) is 0 Å². The van der Waals surface area contributed by atoms with E-state index < -0.39 is 0 Å². The number of hydrogen-bond donors (Lipinski definition) is 1. The zero-order valence-electron chi connectivity index (χ0n) is 16.1. The molecule has 0 spiro atoms. The average molecular weight is 368 g/mol. The fourth-order valence-electron chi connectivity index (χ4n) is 2.40. The fraction of sp³-hybridized carbons (Fsp3) is 0.348. The van der Waals surface area contributed by atoms with Crippen LogP contribution in [0.1, 0.15) is 55.5 Å². The first kappa shape index (κ1) is 20.6. The number of benzene rings is 2.